The SMILES string of the molecule is CN(c1cccc(Cl)c1)S(=O)(=O)c1cccc(C(=O)NCCCn2cnc3ccccc32)c1. The molecule has 0 radical (unpaired) electrons. The molecule has 7 nitrogen and oxygen atoms in total. The number of nitrogens with one attached hydrogen (secondary N) is 1. The Morgan fingerprint density at radius 3 is 2.67 bits per heavy atom. The molecular weight excluding hydrogens is 460 g/mol. The maximum Gasteiger partial charge on any atom is 0.264 e. The molecule has 1 heterocycles. The molecule has 0 saturated carbocycles. The summed E-state index contributed by atoms with van der Waals surface area (Å²) in [5.41, 5.74) is 2.70. The van der Waals surface area contributed by atoms with Crippen molar-refractivity contribution in [2.75, 3.05) is 17.9 Å². The highest BCUT2D eigenvalue weighted by Crippen LogP contribution is 2.25. The van der Waals surface area contributed by atoms with E-state index < -0.39 is 10.0 Å². The number of hydrogen-bond acceptors (Lipinski definition) is 4. The molecule has 0 spiro atoms. The van der Waals surface area contributed by atoms with Gasteiger partial charge in [-0.25, -0.2) is 13.4 Å². The van der Waals surface area contributed by atoms with Gasteiger partial charge in [-0.3, -0.25) is 9.10 Å². The lowest BCUT2D eigenvalue weighted by molar-refractivity contribution is 0.0952. The van der Waals surface area contributed by atoms with Gasteiger partial charge in [-0.15, -0.1) is 0 Å². The van der Waals surface area contributed by atoms with E-state index in [1.54, 1.807) is 42.7 Å². The van der Waals surface area contributed by atoms with Gasteiger partial charge in [-0.2, -0.15) is 0 Å². The van der Waals surface area contributed by atoms with Crippen molar-refractivity contribution in [1.29, 1.82) is 0 Å². The van der Waals surface area contributed by atoms with Gasteiger partial charge in [0, 0.05) is 30.7 Å². The first kappa shape index (κ1) is 22.8. The Balaban J connectivity index is 1.40. The summed E-state index contributed by atoms with van der Waals surface area (Å²) in [6.45, 7) is 1.16. The smallest absolute Gasteiger partial charge is 0.264 e. The number of aromatic nitrogens is 2. The van der Waals surface area contributed by atoms with Crippen molar-refractivity contribution >= 4 is 44.3 Å². The quantitative estimate of drug-likeness (QED) is 0.379. The van der Waals surface area contributed by atoms with E-state index in [1.165, 1.54) is 19.2 Å². The van der Waals surface area contributed by atoms with Crippen LogP contribution in [0.1, 0.15) is 16.8 Å². The van der Waals surface area contributed by atoms with Gasteiger partial charge < -0.3 is 9.88 Å². The molecule has 0 saturated heterocycles. The van der Waals surface area contributed by atoms with E-state index in [-0.39, 0.29) is 16.4 Å². The molecule has 0 aliphatic rings. The summed E-state index contributed by atoms with van der Waals surface area (Å²) >= 11 is 5.99. The minimum Gasteiger partial charge on any atom is -0.352 e. The van der Waals surface area contributed by atoms with Crippen LogP contribution in [0.2, 0.25) is 5.02 Å². The standard InChI is InChI=1S/C24H23ClN4O3S/c1-28(20-9-5-8-19(25)16-20)33(31,32)21-10-4-7-18(15-21)24(30)26-13-6-14-29-17-27-22-11-2-3-12-23(22)29/h2-5,7-12,15-17H,6,13-14H2,1H3,(H,26,30). The number of benzene rings is 3. The van der Waals surface area contributed by atoms with Crippen LogP contribution in [0, 0.1) is 0 Å². The third-order valence-electron chi connectivity index (χ3n) is 5.32. The molecule has 1 amide bonds. The van der Waals surface area contributed by atoms with Gasteiger partial charge in [-0.05, 0) is 55.0 Å². The van der Waals surface area contributed by atoms with Crippen LogP contribution in [0.25, 0.3) is 11.0 Å². The molecule has 1 aromatic heterocycles. The summed E-state index contributed by atoms with van der Waals surface area (Å²) in [7, 11) is -2.40. The topological polar surface area (TPSA) is 84.3 Å². The highest BCUT2D eigenvalue weighted by atomic mass is 35.5. The third-order valence-corrected chi connectivity index (χ3v) is 7.33. The first-order valence-corrected chi connectivity index (χ1v) is 12.2. The lowest BCUT2D eigenvalue weighted by atomic mass is 10.2. The number of halogens is 1. The van der Waals surface area contributed by atoms with Crippen LogP contribution in [-0.2, 0) is 16.6 Å². The monoisotopic (exact) mass is 482 g/mol. The summed E-state index contributed by atoms with van der Waals surface area (Å²) in [5, 5.41) is 3.29. The predicted molar refractivity (Wildman–Crippen MR) is 130 cm³/mol. The zero-order chi connectivity index (χ0) is 23.4. The predicted octanol–water partition coefficient (Wildman–Crippen LogP) is 4.33. The van der Waals surface area contributed by atoms with Gasteiger partial charge in [0.15, 0.2) is 0 Å². The van der Waals surface area contributed by atoms with E-state index >= 15 is 0 Å². The van der Waals surface area contributed by atoms with E-state index in [0.29, 0.717) is 30.2 Å². The van der Waals surface area contributed by atoms with E-state index in [1.807, 2.05) is 28.8 Å². The van der Waals surface area contributed by atoms with Crippen molar-refractivity contribution in [1.82, 2.24) is 14.9 Å². The van der Waals surface area contributed by atoms with Crippen molar-refractivity contribution < 1.29 is 13.2 Å². The van der Waals surface area contributed by atoms with Crippen LogP contribution in [0.15, 0.2) is 84.0 Å². The van der Waals surface area contributed by atoms with Gasteiger partial charge in [0.25, 0.3) is 15.9 Å². The fourth-order valence-electron chi connectivity index (χ4n) is 3.51. The maximum absolute atomic E-state index is 13.1. The normalized spacial score (nSPS) is 11.5. The van der Waals surface area contributed by atoms with Crippen LogP contribution in [-0.4, -0.2) is 37.5 Å². The molecule has 4 rings (SSSR count). The van der Waals surface area contributed by atoms with Crippen LogP contribution in [0.5, 0.6) is 0 Å². The molecule has 4 aromatic rings. The van der Waals surface area contributed by atoms with Crippen molar-refractivity contribution in [3.8, 4) is 0 Å². The summed E-state index contributed by atoms with van der Waals surface area (Å²) in [6, 6.07) is 20.5. The number of sulfonamides is 1. The highest BCUT2D eigenvalue weighted by Gasteiger charge is 2.22. The van der Waals surface area contributed by atoms with E-state index in [0.717, 1.165) is 15.3 Å². The molecular formula is C24H23ClN4O3S. The Hall–Kier alpha value is -3.36. The molecule has 0 aliphatic carbocycles. The van der Waals surface area contributed by atoms with Crippen molar-refractivity contribution in [3.05, 3.63) is 89.7 Å². The summed E-state index contributed by atoms with van der Waals surface area (Å²) in [5.74, 6) is -0.326. The van der Waals surface area contributed by atoms with Crippen molar-refractivity contribution in [2.45, 2.75) is 17.9 Å². The van der Waals surface area contributed by atoms with Gasteiger partial charge in [0.1, 0.15) is 0 Å². The van der Waals surface area contributed by atoms with Crippen LogP contribution in [0.3, 0.4) is 0 Å². The first-order valence-electron chi connectivity index (χ1n) is 10.4. The minimum absolute atomic E-state index is 0.0301. The molecule has 0 fully saturated rings. The number of imidazole rings is 1. The third kappa shape index (κ3) is 5.02. The molecule has 0 aliphatic heterocycles. The number of para-hydroxylation sites is 2. The summed E-state index contributed by atoms with van der Waals surface area (Å²) in [6.07, 6.45) is 2.50. The van der Waals surface area contributed by atoms with Crippen molar-refractivity contribution in [2.24, 2.45) is 0 Å². The molecule has 9 heteroatoms. The van der Waals surface area contributed by atoms with Gasteiger partial charge in [0.05, 0.1) is 27.9 Å². The largest absolute Gasteiger partial charge is 0.352 e. The van der Waals surface area contributed by atoms with E-state index in [2.05, 4.69) is 10.3 Å². The second-order valence-electron chi connectivity index (χ2n) is 7.52. The fraction of sp³-hybridized carbons (Fsp3) is 0.167. The summed E-state index contributed by atoms with van der Waals surface area (Å²) in [4.78, 5) is 17.0. The molecule has 1 N–H and O–H groups in total. The summed E-state index contributed by atoms with van der Waals surface area (Å²) < 4.78 is 29.3. The van der Waals surface area contributed by atoms with Crippen LogP contribution < -0.4 is 9.62 Å². The van der Waals surface area contributed by atoms with Gasteiger partial charge >= 0.3 is 0 Å². The van der Waals surface area contributed by atoms with Crippen LogP contribution >= 0.6 is 11.6 Å². The molecule has 0 bridgehead atoms. The average molecular weight is 483 g/mol. The minimum atomic E-state index is -3.86. The number of carbonyl (C=O) groups is 1. The van der Waals surface area contributed by atoms with Crippen molar-refractivity contribution in [3.63, 3.8) is 0 Å². The maximum atomic E-state index is 13.1. The number of carbonyl (C=O) groups excluding carboxylic acids is 1. The molecule has 170 valence electrons. The Morgan fingerprint density at radius 1 is 1.06 bits per heavy atom. The fourth-order valence-corrected chi connectivity index (χ4v) is 4.93. The zero-order valence-electron chi connectivity index (χ0n) is 18.0. The number of rotatable bonds is 8. The molecule has 0 unspecified atom stereocenters. The van der Waals surface area contributed by atoms with E-state index in [4.69, 9.17) is 11.6 Å². The number of amides is 1. The molecule has 0 atom stereocenters. The average Bonchev–Trinajstić information content (AvgIpc) is 3.24. The number of aryl methyl sites for hydroxylation is 1. The number of hydrogen-bond donors (Lipinski definition) is 1. The Bertz CT molecular complexity index is 1400. The number of anilines is 1. The first-order chi connectivity index (χ1) is 15.9. The molecule has 3 aromatic carbocycles. The zero-order valence-corrected chi connectivity index (χ0v) is 19.6. The lowest BCUT2D eigenvalue weighted by Gasteiger charge is -2.20. The van der Waals surface area contributed by atoms with Gasteiger partial charge in [0.2, 0.25) is 0 Å². The Labute approximate surface area is 197 Å². The van der Waals surface area contributed by atoms with Gasteiger partial charge in [-0.1, -0.05) is 35.9 Å². The second-order valence-corrected chi connectivity index (χ2v) is 9.92. The Kier molecular flexibility index (Phi) is 6.67. The number of fused-ring (bicyclic) bond motifs is 1. The number of nitrogens with zero attached hydrogens (tertiary/aromatic N) is 3. The Morgan fingerprint density at radius 2 is 1.85 bits per heavy atom. The molecule has 33 heavy (non-hydrogen) atoms. The van der Waals surface area contributed by atoms with E-state index in [9.17, 15) is 13.2 Å². The lowest BCUT2D eigenvalue weighted by Crippen LogP contribution is -2.28. The van der Waals surface area contributed by atoms with Crippen LogP contribution in [0.4, 0.5) is 5.69 Å². The highest BCUT2D eigenvalue weighted by molar-refractivity contribution is 7.92. The second kappa shape index (κ2) is 9.64.